The third-order valence-corrected chi connectivity index (χ3v) is 1.51. The van der Waals surface area contributed by atoms with E-state index in [2.05, 4.69) is 5.10 Å². The number of nitrogens with zero attached hydrogens (tertiary/aromatic N) is 2. The Morgan fingerprint density at radius 1 is 1.54 bits per heavy atom. The fraction of sp³-hybridized carbons (Fsp3) is 0.700. The van der Waals surface area contributed by atoms with Gasteiger partial charge in [-0.05, 0) is 26.3 Å². The van der Waals surface area contributed by atoms with Gasteiger partial charge < -0.3 is 4.74 Å². The van der Waals surface area contributed by atoms with Crippen LogP contribution in [0.25, 0.3) is 0 Å². The number of aromatic nitrogens is 2. The topological polar surface area (TPSA) is 27.1 Å². The van der Waals surface area contributed by atoms with Crippen LogP contribution in [-0.4, -0.2) is 16.4 Å². The summed E-state index contributed by atoms with van der Waals surface area (Å²) < 4.78 is 7.16. The SMILES string of the molecule is CC.CCOC(C)n1cc(C)cn1. The van der Waals surface area contributed by atoms with Crippen molar-refractivity contribution in [1.82, 2.24) is 9.78 Å². The van der Waals surface area contributed by atoms with E-state index in [1.165, 1.54) is 0 Å². The molecule has 0 amide bonds. The molecule has 1 aromatic heterocycles. The van der Waals surface area contributed by atoms with Crippen molar-refractivity contribution in [3.05, 3.63) is 18.0 Å². The zero-order chi connectivity index (χ0) is 10.3. The summed E-state index contributed by atoms with van der Waals surface area (Å²) in [6, 6.07) is 0. The van der Waals surface area contributed by atoms with Gasteiger partial charge in [0.25, 0.3) is 0 Å². The third-order valence-electron chi connectivity index (χ3n) is 1.51. The Morgan fingerprint density at radius 3 is 2.54 bits per heavy atom. The van der Waals surface area contributed by atoms with E-state index in [-0.39, 0.29) is 6.23 Å². The molecule has 0 N–H and O–H groups in total. The normalized spacial score (nSPS) is 11.8. The van der Waals surface area contributed by atoms with E-state index in [1.807, 2.05) is 51.7 Å². The van der Waals surface area contributed by atoms with Gasteiger partial charge in [0.2, 0.25) is 0 Å². The van der Waals surface area contributed by atoms with Crippen LogP contribution in [0.2, 0.25) is 0 Å². The van der Waals surface area contributed by atoms with Crippen LogP contribution < -0.4 is 0 Å². The molecule has 76 valence electrons. The van der Waals surface area contributed by atoms with Crippen molar-refractivity contribution < 1.29 is 4.74 Å². The lowest BCUT2D eigenvalue weighted by molar-refractivity contribution is 0.0159. The Bertz CT molecular complexity index is 220. The predicted molar refractivity (Wildman–Crippen MR) is 54.6 cm³/mol. The minimum absolute atomic E-state index is 0.0497. The van der Waals surface area contributed by atoms with Gasteiger partial charge in [0.15, 0.2) is 0 Å². The van der Waals surface area contributed by atoms with Crippen LogP contribution in [0.1, 0.15) is 39.5 Å². The first-order chi connectivity index (χ1) is 6.24. The van der Waals surface area contributed by atoms with Gasteiger partial charge in [-0.1, -0.05) is 13.8 Å². The lowest BCUT2D eigenvalue weighted by Crippen LogP contribution is -2.09. The lowest BCUT2D eigenvalue weighted by atomic mass is 10.4. The van der Waals surface area contributed by atoms with E-state index in [1.54, 1.807) is 0 Å². The maximum atomic E-state index is 5.34. The van der Waals surface area contributed by atoms with E-state index in [0.29, 0.717) is 0 Å². The van der Waals surface area contributed by atoms with Crippen molar-refractivity contribution in [3.63, 3.8) is 0 Å². The zero-order valence-electron chi connectivity index (χ0n) is 9.24. The zero-order valence-corrected chi connectivity index (χ0v) is 9.24. The molecule has 0 aliphatic carbocycles. The summed E-state index contributed by atoms with van der Waals surface area (Å²) in [4.78, 5) is 0. The largest absolute Gasteiger partial charge is 0.357 e. The summed E-state index contributed by atoms with van der Waals surface area (Å²) in [5, 5.41) is 4.13. The number of rotatable bonds is 3. The number of aryl methyl sites for hydroxylation is 1. The fourth-order valence-corrected chi connectivity index (χ4v) is 0.949. The first-order valence-electron chi connectivity index (χ1n) is 4.86. The molecule has 0 aliphatic rings. The quantitative estimate of drug-likeness (QED) is 0.722. The van der Waals surface area contributed by atoms with Gasteiger partial charge >= 0.3 is 0 Å². The number of hydrogen-bond acceptors (Lipinski definition) is 2. The first kappa shape index (κ1) is 12.2. The fourth-order valence-electron chi connectivity index (χ4n) is 0.949. The Balaban J connectivity index is 0.000000671. The van der Waals surface area contributed by atoms with Crippen LogP contribution in [0, 0.1) is 6.92 Å². The van der Waals surface area contributed by atoms with Crippen LogP contribution >= 0.6 is 0 Å². The average molecular weight is 184 g/mol. The first-order valence-corrected chi connectivity index (χ1v) is 4.86. The van der Waals surface area contributed by atoms with Gasteiger partial charge in [0.05, 0.1) is 6.20 Å². The van der Waals surface area contributed by atoms with Crippen LogP contribution in [0.4, 0.5) is 0 Å². The van der Waals surface area contributed by atoms with E-state index in [0.717, 1.165) is 12.2 Å². The molecule has 13 heavy (non-hydrogen) atoms. The summed E-state index contributed by atoms with van der Waals surface area (Å²) in [6.45, 7) is 10.7. The monoisotopic (exact) mass is 184 g/mol. The molecule has 1 atom stereocenters. The van der Waals surface area contributed by atoms with Crippen LogP contribution in [0.3, 0.4) is 0 Å². The van der Waals surface area contributed by atoms with Crippen molar-refractivity contribution in [2.45, 2.75) is 40.8 Å². The maximum Gasteiger partial charge on any atom is 0.147 e. The molecule has 0 saturated heterocycles. The highest BCUT2D eigenvalue weighted by atomic mass is 16.5. The second kappa shape index (κ2) is 6.66. The molecule has 0 radical (unpaired) electrons. The van der Waals surface area contributed by atoms with E-state index < -0.39 is 0 Å². The van der Waals surface area contributed by atoms with Crippen LogP contribution in [0.5, 0.6) is 0 Å². The van der Waals surface area contributed by atoms with Gasteiger partial charge in [0, 0.05) is 12.8 Å². The van der Waals surface area contributed by atoms with Crippen molar-refractivity contribution >= 4 is 0 Å². The molecule has 1 unspecified atom stereocenters. The Hall–Kier alpha value is -0.830. The van der Waals surface area contributed by atoms with Gasteiger partial charge in [0.1, 0.15) is 6.23 Å². The number of ether oxygens (including phenoxy) is 1. The summed E-state index contributed by atoms with van der Waals surface area (Å²) in [6.07, 6.45) is 3.85. The molecule has 1 aromatic rings. The van der Waals surface area contributed by atoms with Crippen molar-refractivity contribution in [2.75, 3.05) is 6.61 Å². The Morgan fingerprint density at radius 2 is 2.15 bits per heavy atom. The molecule has 1 heterocycles. The van der Waals surface area contributed by atoms with E-state index in [9.17, 15) is 0 Å². The molecule has 0 fully saturated rings. The minimum Gasteiger partial charge on any atom is -0.357 e. The van der Waals surface area contributed by atoms with E-state index in [4.69, 9.17) is 4.74 Å². The lowest BCUT2D eigenvalue weighted by Gasteiger charge is -2.10. The average Bonchev–Trinajstić information content (AvgIpc) is 2.56. The Labute approximate surface area is 80.7 Å². The third kappa shape index (κ3) is 4.08. The summed E-state index contributed by atoms with van der Waals surface area (Å²) in [5.74, 6) is 0. The highest BCUT2D eigenvalue weighted by molar-refractivity contribution is 4.99. The minimum atomic E-state index is 0.0497. The molecule has 0 aliphatic heterocycles. The molecule has 0 bridgehead atoms. The Kier molecular flexibility index (Phi) is 6.24. The summed E-state index contributed by atoms with van der Waals surface area (Å²) >= 11 is 0. The molecule has 1 rings (SSSR count). The van der Waals surface area contributed by atoms with Crippen molar-refractivity contribution in [3.8, 4) is 0 Å². The molecule has 0 saturated carbocycles. The summed E-state index contributed by atoms with van der Waals surface area (Å²) in [5.41, 5.74) is 1.16. The molecular formula is C10H20N2O. The molecule has 3 nitrogen and oxygen atoms in total. The predicted octanol–water partition coefficient (Wildman–Crippen LogP) is 2.77. The van der Waals surface area contributed by atoms with Crippen molar-refractivity contribution in [1.29, 1.82) is 0 Å². The smallest absolute Gasteiger partial charge is 0.147 e. The van der Waals surface area contributed by atoms with Crippen molar-refractivity contribution in [2.24, 2.45) is 0 Å². The second-order valence-electron chi connectivity index (χ2n) is 2.55. The maximum absolute atomic E-state index is 5.34. The van der Waals surface area contributed by atoms with Crippen LogP contribution in [0.15, 0.2) is 12.4 Å². The molecule has 3 heteroatoms. The highest BCUT2D eigenvalue weighted by Gasteiger charge is 2.02. The molecular weight excluding hydrogens is 164 g/mol. The molecule has 0 aromatic carbocycles. The standard InChI is InChI=1S/C8H14N2O.C2H6/c1-4-11-8(3)10-6-7(2)5-9-10;1-2/h5-6,8H,4H2,1-3H3;1-2H3. The summed E-state index contributed by atoms with van der Waals surface area (Å²) in [7, 11) is 0. The number of hydrogen-bond donors (Lipinski definition) is 0. The van der Waals surface area contributed by atoms with Crippen LogP contribution in [-0.2, 0) is 4.74 Å². The highest BCUT2D eigenvalue weighted by Crippen LogP contribution is 2.06. The van der Waals surface area contributed by atoms with E-state index >= 15 is 0 Å². The van der Waals surface area contributed by atoms with Gasteiger partial charge in [-0.2, -0.15) is 5.10 Å². The molecule has 0 spiro atoms. The van der Waals surface area contributed by atoms with Gasteiger partial charge in [-0.3, -0.25) is 0 Å². The van der Waals surface area contributed by atoms with Gasteiger partial charge in [-0.25, -0.2) is 4.68 Å². The second-order valence-corrected chi connectivity index (χ2v) is 2.55. The van der Waals surface area contributed by atoms with Gasteiger partial charge in [-0.15, -0.1) is 0 Å².